The number of H-pyrrole nitrogens is 1. The van der Waals surface area contributed by atoms with Gasteiger partial charge in [-0.25, -0.2) is 4.39 Å². The smallest absolute Gasteiger partial charge is 0.254 e. The average Bonchev–Trinajstić information content (AvgIpc) is 3.09. The van der Waals surface area contributed by atoms with Gasteiger partial charge < -0.3 is 9.88 Å². The largest absolute Gasteiger partial charge is 0.338 e. The number of benzene rings is 1. The van der Waals surface area contributed by atoms with Crippen LogP contribution in [-0.2, 0) is 0 Å². The van der Waals surface area contributed by atoms with Crippen molar-refractivity contribution >= 4 is 30.7 Å². The molecule has 1 aromatic heterocycles. The van der Waals surface area contributed by atoms with E-state index in [1.807, 2.05) is 11.0 Å². The fraction of sp³-hybridized carbons (Fsp3) is 0.400. The van der Waals surface area contributed by atoms with Gasteiger partial charge in [0.15, 0.2) is 0 Å². The molecule has 28 heavy (non-hydrogen) atoms. The van der Waals surface area contributed by atoms with Crippen molar-refractivity contribution in [2.75, 3.05) is 26.7 Å². The number of aryl methyl sites for hydroxylation is 1. The maximum Gasteiger partial charge on any atom is 0.254 e. The first-order valence-electron chi connectivity index (χ1n) is 8.88. The highest BCUT2D eigenvalue weighted by atomic mass is 35.5. The summed E-state index contributed by atoms with van der Waals surface area (Å²) >= 11 is 0. The molecule has 0 aliphatic carbocycles. The van der Waals surface area contributed by atoms with Crippen LogP contribution in [0.2, 0.25) is 0 Å². The van der Waals surface area contributed by atoms with Crippen LogP contribution in [0.1, 0.15) is 27.7 Å². The van der Waals surface area contributed by atoms with Crippen molar-refractivity contribution in [1.82, 2.24) is 14.8 Å². The van der Waals surface area contributed by atoms with Crippen LogP contribution in [0.5, 0.6) is 0 Å². The molecule has 4 rings (SSSR count). The Bertz CT molecular complexity index is 920. The molecular formula is C20H24Cl2FN3O2. The van der Waals surface area contributed by atoms with Gasteiger partial charge in [-0.2, -0.15) is 0 Å². The molecule has 0 radical (unpaired) electrons. The highest BCUT2D eigenvalue weighted by Crippen LogP contribution is 2.44. The van der Waals surface area contributed by atoms with Gasteiger partial charge in [0.05, 0.1) is 0 Å². The van der Waals surface area contributed by atoms with Gasteiger partial charge in [-0.15, -0.1) is 24.8 Å². The number of hydrogen-bond donors (Lipinski definition) is 1. The van der Waals surface area contributed by atoms with Crippen molar-refractivity contribution in [2.24, 2.45) is 11.8 Å². The van der Waals surface area contributed by atoms with Crippen LogP contribution in [-0.4, -0.2) is 47.4 Å². The number of aromatic nitrogens is 1. The summed E-state index contributed by atoms with van der Waals surface area (Å²) in [6.45, 7) is 3.95. The minimum Gasteiger partial charge on any atom is -0.338 e. The maximum atomic E-state index is 13.7. The van der Waals surface area contributed by atoms with E-state index in [1.165, 1.54) is 12.1 Å². The molecular weight excluding hydrogens is 404 g/mol. The van der Waals surface area contributed by atoms with Crippen LogP contribution in [0.4, 0.5) is 4.39 Å². The number of fused-ring (bicyclic) bond motifs is 1. The van der Waals surface area contributed by atoms with Gasteiger partial charge in [-0.05, 0) is 43.7 Å². The second kappa shape index (κ2) is 8.64. The molecule has 2 saturated heterocycles. The topological polar surface area (TPSA) is 56.4 Å². The molecule has 0 spiro atoms. The average molecular weight is 428 g/mol. The molecule has 2 fully saturated rings. The van der Waals surface area contributed by atoms with Crippen LogP contribution in [0.25, 0.3) is 0 Å². The number of hydrogen-bond acceptors (Lipinski definition) is 3. The second-order valence-electron chi connectivity index (χ2n) is 7.49. The van der Waals surface area contributed by atoms with E-state index in [0.29, 0.717) is 30.3 Å². The summed E-state index contributed by atoms with van der Waals surface area (Å²) in [7, 11) is 2.06. The van der Waals surface area contributed by atoms with Gasteiger partial charge in [-0.3, -0.25) is 14.5 Å². The first kappa shape index (κ1) is 22.4. The number of halogens is 3. The van der Waals surface area contributed by atoms with E-state index in [0.717, 1.165) is 12.1 Å². The lowest BCUT2D eigenvalue weighted by Gasteiger charge is -2.27. The summed E-state index contributed by atoms with van der Waals surface area (Å²) in [5.74, 6) is 0.299. The fourth-order valence-electron chi connectivity index (χ4n) is 4.60. The fourth-order valence-corrected chi connectivity index (χ4v) is 4.60. The summed E-state index contributed by atoms with van der Waals surface area (Å²) in [6.07, 6.45) is 0. The lowest BCUT2D eigenvalue weighted by Crippen LogP contribution is -2.34. The van der Waals surface area contributed by atoms with Crippen molar-refractivity contribution in [3.63, 3.8) is 0 Å². The number of nitrogens with one attached hydrogen (secondary N) is 1. The minimum absolute atomic E-state index is 0. The van der Waals surface area contributed by atoms with E-state index in [-0.39, 0.29) is 54.1 Å². The van der Waals surface area contributed by atoms with E-state index in [4.69, 9.17) is 0 Å². The molecule has 1 amide bonds. The molecule has 0 bridgehead atoms. The Morgan fingerprint density at radius 1 is 1.14 bits per heavy atom. The number of amides is 1. The second-order valence-corrected chi connectivity index (χ2v) is 7.49. The zero-order chi connectivity index (χ0) is 18.4. The Hall–Kier alpha value is -1.89. The Labute approximate surface area is 175 Å². The van der Waals surface area contributed by atoms with Gasteiger partial charge >= 0.3 is 0 Å². The SMILES string of the molecule is Cc1cc(C(=O)N2C[C@@H]3CN(C)[C@@H](c4cccc(F)c4)[C@@H]3C2)cc(=O)[nH]1.Cl.Cl. The molecule has 8 heteroatoms. The van der Waals surface area contributed by atoms with Crippen molar-refractivity contribution in [2.45, 2.75) is 13.0 Å². The minimum atomic E-state index is -0.259. The zero-order valence-corrected chi connectivity index (χ0v) is 17.4. The number of nitrogens with zero attached hydrogens (tertiary/aromatic N) is 2. The Morgan fingerprint density at radius 3 is 2.57 bits per heavy atom. The number of aromatic amines is 1. The molecule has 2 aliphatic heterocycles. The number of pyridine rings is 1. The van der Waals surface area contributed by atoms with Gasteiger partial charge in [0.1, 0.15) is 5.82 Å². The van der Waals surface area contributed by atoms with Gasteiger partial charge in [0.2, 0.25) is 5.56 Å². The van der Waals surface area contributed by atoms with Crippen molar-refractivity contribution < 1.29 is 9.18 Å². The summed E-state index contributed by atoms with van der Waals surface area (Å²) in [5, 5.41) is 0. The Kier molecular flexibility index (Phi) is 6.91. The third-order valence-electron chi connectivity index (χ3n) is 5.60. The molecule has 0 unspecified atom stereocenters. The Morgan fingerprint density at radius 2 is 1.89 bits per heavy atom. The summed E-state index contributed by atoms with van der Waals surface area (Å²) in [5.41, 5.74) is 1.81. The van der Waals surface area contributed by atoms with Crippen molar-refractivity contribution in [3.05, 3.63) is 69.4 Å². The van der Waals surface area contributed by atoms with Gasteiger partial charge in [0, 0.05) is 48.9 Å². The third-order valence-corrected chi connectivity index (χ3v) is 5.60. The summed E-state index contributed by atoms with van der Waals surface area (Å²) < 4.78 is 13.7. The van der Waals surface area contributed by atoms with Crippen LogP contribution in [0, 0.1) is 24.6 Å². The highest BCUT2D eigenvalue weighted by molar-refractivity contribution is 5.94. The molecule has 5 nitrogen and oxygen atoms in total. The zero-order valence-electron chi connectivity index (χ0n) is 15.7. The number of carbonyl (C=O) groups is 1. The van der Waals surface area contributed by atoms with E-state index >= 15 is 0 Å². The molecule has 152 valence electrons. The molecule has 1 N–H and O–H groups in total. The number of carbonyl (C=O) groups excluding carboxylic acids is 1. The predicted octanol–water partition coefficient (Wildman–Crippen LogP) is 3.04. The first-order chi connectivity index (χ1) is 12.4. The van der Waals surface area contributed by atoms with Crippen LogP contribution >= 0.6 is 24.8 Å². The van der Waals surface area contributed by atoms with E-state index in [1.54, 1.807) is 25.1 Å². The number of rotatable bonds is 2. The lowest BCUT2D eigenvalue weighted by atomic mass is 9.89. The van der Waals surface area contributed by atoms with Crippen molar-refractivity contribution in [1.29, 1.82) is 0 Å². The van der Waals surface area contributed by atoms with E-state index in [2.05, 4.69) is 16.9 Å². The monoisotopic (exact) mass is 427 g/mol. The summed E-state index contributed by atoms with van der Waals surface area (Å²) in [4.78, 5) is 31.3. The van der Waals surface area contributed by atoms with Crippen LogP contribution in [0.3, 0.4) is 0 Å². The van der Waals surface area contributed by atoms with E-state index in [9.17, 15) is 14.0 Å². The highest BCUT2D eigenvalue weighted by Gasteiger charge is 2.47. The van der Waals surface area contributed by atoms with Crippen LogP contribution in [0.15, 0.2) is 41.2 Å². The standard InChI is InChI=1S/C20H22FN3O2.2ClH/c1-12-6-14(8-18(25)22-12)20(26)24-10-15-9-23(2)19(17(15)11-24)13-4-3-5-16(21)7-13;;/h3-8,15,17,19H,9-11H2,1-2H3,(H,22,25);2*1H/t15-,17+,19-;;/m0../s1. The normalized spacial score (nSPS) is 23.7. The number of likely N-dealkylation sites (tertiary alicyclic amines) is 2. The van der Waals surface area contributed by atoms with E-state index < -0.39 is 0 Å². The third kappa shape index (κ3) is 4.09. The van der Waals surface area contributed by atoms with Gasteiger partial charge in [-0.1, -0.05) is 12.1 Å². The molecule has 3 heterocycles. The summed E-state index contributed by atoms with van der Waals surface area (Å²) in [6, 6.07) is 9.92. The quantitative estimate of drug-likeness (QED) is 0.800. The molecule has 2 aromatic rings. The van der Waals surface area contributed by atoms with Crippen molar-refractivity contribution in [3.8, 4) is 0 Å². The molecule has 1 aromatic carbocycles. The molecule has 2 aliphatic rings. The van der Waals surface area contributed by atoms with Crippen LogP contribution < -0.4 is 5.56 Å². The molecule has 3 atom stereocenters. The first-order valence-corrected chi connectivity index (χ1v) is 8.88. The lowest BCUT2D eigenvalue weighted by molar-refractivity contribution is 0.0767. The predicted molar refractivity (Wildman–Crippen MR) is 111 cm³/mol. The molecule has 0 saturated carbocycles. The van der Waals surface area contributed by atoms with Gasteiger partial charge in [0.25, 0.3) is 5.91 Å². The Balaban J connectivity index is 0.00000140. The maximum absolute atomic E-state index is 13.7.